The Morgan fingerprint density at radius 3 is 2.83 bits per heavy atom. The number of unbranched alkanes of at least 4 members (excludes halogenated alkanes) is 2. The molecule has 30 heavy (non-hydrogen) atoms. The maximum absolute atomic E-state index is 12.8. The van der Waals surface area contributed by atoms with Crippen LogP contribution in [-0.2, 0) is 0 Å². The number of methoxy groups -OCH3 is 1. The van der Waals surface area contributed by atoms with Gasteiger partial charge in [0.25, 0.3) is 5.91 Å². The summed E-state index contributed by atoms with van der Waals surface area (Å²) in [5, 5.41) is 3.72. The molecule has 1 heterocycles. The maximum atomic E-state index is 12.8. The number of aromatic nitrogens is 2. The Hall–Kier alpha value is -2.79. The van der Waals surface area contributed by atoms with Crippen LogP contribution in [0.3, 0.4) is 0 Å². The Morgan fingerprint density at radius 1 is 1.23 bits per heavy atom. The van der Waals surface area contributed by atoms with Gasteiger partial charge in [0.15, 0.2) is 0 Å². The van der Waals surface area contributed by atoms with E-state index in [1.165, 1.54) is 12.8 Å². The molecule has 2 aromatic carbocycles. The van der Waals surface area contributed by atoms with Crippen molar-refractivity contribution < 1.29 is 9.53 Å². The fourth-order valence-corrected chi connectivity index (χ4v) is 3.64. The van der Waals surface area contributed by atoms with Gasteiger partial charge in [-0.05, 0) is 49.2 Å². The number of carbonyl (C=O) groups excluding carboxylic acids is 1. The second kappa shape index (κ2) is 10.3. The minimum Gasteiger partial charge on any atom is -0.496 e. The first kappa shape index (κ1) is 21.9. The highest BCUT2D eigenvalue weighted by Crippen LogP contribution is 2.33. The van der Waals surface area contributed by atoms with Crippen molar-refractivity contribution in [3.63, 3.8) is 0 Å². The lowest BCUT2D eigenvalue weighted by atomic mass is 10.0. The van der Waals surface area contributed by atoms with Gasteiger partial charge in [-0.25, -0.2) is 4.98 Å². The molecule has 0 bridgehead atoms. The SMILES string of the molecule is CCCCCC(C)NC(=O)c1cncn1-c1cccc(-c2cc(Cl)ccc2OC)c1. The highest BCUT2D eigenvalue weighted by atomic mass is 35.5. The van der Waals surface area contributed by atoms with Gasteiger partial charge in [0, 0.05) is 22.3 Å². The number of hydrogen-bond donors (Lipinski definition) is 1. The molecule has 5 nitrogen and oxygen atoms in total. The van der Waals surface area contributed by atoms with Gasteiger partial charge in [-0.2, -0.15) is 0 Å². The van der Waals surface area contributed by atoms with E-state index in [2.05, 4.69) is 17.2 Å². The zero-order valence-electron chi connectivity index (χ0n) is 17.7. The average molecular weight is 426 g/mol. The van der Waals surface area contributed by atoms with Crippen molar-refractivity contribution in [3.8, 4) is 22.6 Å². The Kier molecular flexibility index (Phi) is 7.52. The van der Waals surface area contributed by atoms with E-state index in [-0.39, 0.29) is 11.9 Å². The van der Waals surface area contributed by atoms with Gasteiger partial charge in [-0.3, -0.25) is 9.36 Å². The van der Waals surface area contributed by atoms with Gasteiger partial charge in [0.1, 0.15) is 11.4 Å². The second-order valence-electron chi connectivity index (χ2n) is 7.41. The third-order valence-electron chi connectivity index (χ3n) is 5.09. The van der Waals surface area contributed by atoms with Crippen molar-refractivity contribution in [2.45, 2.75) is 45.6 Å². The lowest BCUT2D eigenvalue weighted by Crippen LogP contribution is -2.33. The highest BCUT2D eigenvalue weighted by Gasteiger charge is 2.16. The minimum atomic E-state index is -0.123. The topological polar surface area (TPSA) is 56.2 Å². The summed E-state index contributed by atoms with van der Waals surface area (Å²) in [6, 6.07) is 13.5. The predicted molar refractivity (Wildman–Crippen MR) is 122 cm³/mol. The fraction of sp³-hybridized carbons (Fsp3) is 0.333. The summed E-state index contributed by atoms with van der Waals surface area (Å²) in [6.07, 6.45) is 7.68. The zero-order valence-corrected chi connectivity index (χ0v) is 18.4. The number of amides is 1. The number of ether oxygens (including phenoxy) is 1. The Morgan fingerprint density at radius 2 is 2.07 bits per heavy atom. The first-order valence-corrected chi connectivity index (χ1v) is 10.7. The summed E-state index contributed by atoms with van der Waals surface area (Å²) in [5.41, 5.74) is 3.19. The van der Waals surface area contributed by atoms with Crippen LogP contribution in [0.4, 0.5) is 0 Å². The van der Waals surface area contributed by atoms with Crippen molar-refractivity contribution in [1.82, 2.24) is 14.9 Å². The number of rotatable bonds is 9. The van der Waals surface area contributed by atoms with Crippen LogP contribution < -0.4 is 10.1 Å². The van der Waals surface area contributed by atoms with Crippen LogP contribution >= 0.6 is 11.6 Å². The molecule has 0 aliphatic carbocycles. The van der Waals surface area contributed by atoms with Crippen molar-refractivity contribution in [2.24, 2.45) is 0 Å². The number of halogens is 1. The van der Waals surface area contributed by atoms with E-state index < -0.39 is 0 Å². The van der Waals surface area contributed by atoms with Crippen LogP contribution in [-0.4, -0.2) is 28.6 Å². The standard InChI is InChI=1S/C24H28ClN3O2/c1-4-5-6-8-17(2)27-24(29)22-15-26-16-28(22)20-10-7-9-18(13-20)21-14-19(25)11-12-23(21)30-3/h7,9-17H,4-6,8H2,1-3H3,(H,27,29). The maximum Gasteiger partial charge on any atom is 0.270 e. The number of carbonyl (C=O) groups is 1. The quantitative estimate of drug-likeness (QED) is 0.434. The van der Waals surface area contributed by atoms with Gasteiger partial charge in [0.2, 0.25) is 0 Å². The number of nitrogens with zero attached hydrogens (tertiary/aromatic N) is 2. The number of imidazole rings is 1. The van der Waals surface area contributed by atoms with Gasteiger partial charge in [0.05, 0.1) is 19.6 Å². The molecule has 1 aromatic heterocycles. The van der Waals surface area contributed by atoms with E-state index in [0.717, 1.165) is 35.4 Å². The summed E-state index contributed by atoms with van der Waals surface area (Å²) in [4.78, 5) is 17.0. The van der Waals surface area contributed by atoms with Gasteiger partial charge in [-0.1, -0.05) is 49.9 Å². The molecular formula is C24H28ClN3O2. The van der Waals surface area contributed by atoms with E-state index in [9.17, 15) is 4.79 Å². The minimum absolute atomic E-state index is 0.120. The Labute approximate surface area is 183 Å². The molecule has 0 fully saturated rings. The second-order valence-corrected chi connectivity index (χ2v) is 7.85. The van der Waals surface area contributed by atoms with Crippen molar-refractivity contribution in [2.75, 3.05) is 7.11 Å². The van der Waals surface area contributed by atoms with Crippen LogP contribution in [0.2, 0.25) is 5.02 Å². The monoisotopic (exact) mass is 425 g/mol. The molecule has 6 heteroatoms. The lowest BCUT2D eigenvalue weighted by Gasteiger charge is -2.15. The highest BCUT2D eigenvalue weighted by molar-refractivity contribution is 6.31. The van der Waals surface area contributed by atoms with Crippen molar-refractivity contribution in [3.05, 3.63) is 65.7 Å². The number of benzene rings is 2. The first-order valence-electron chi connectivity index (χ1n) is 10.3. The van der Waals surface area contributed by atoms with E-state index in [1.807, 2.05) is 43.3 Å². The van der Waals surface area contributed by atoms with Crippen molar-refractivity contribution in [1.29, 1.82) is 0 Å². The molecule has 3 aromatic rings. The van der Waals surface area contributed by atoms with Crippen LogP contribution in [0.1, 0.15) is 50.0 Å². The zero-order chi connectivity index (χ0) is 21.5. The fourth-order valence-electron chi connectivity index (χ4n) is 3.47. The number of hydrogen-bond acceptors (Lipinski definition) is 3. The summed E-state index contributed by atoms with van der Waals surface area (Å²) in [6.45, 7) is 4.22. The molecule has 1 amide bonds. The largest absolute Gasteiger partial charge is 0.496 e. The van der Waals surface area contributed by atoms with Gasteiger partial charge in [-0.15, -0.1) is 0 Å². The molecule has 158 valence electrons. The molecule has 0 spiro atoms. The van der Waals surface area contributed by atoms with Gasteiger partial charge >= 0.3 is 0 Å². The summed E-state index contributed by atoms with van der Waals surface area (Å²) in [7, 11) is 1.64. The molecule has 0 aliphatic heterocycles. The van der Waals surface area contributed by atoms with Crippen LogP contribution in [0.15, 0.2) is 55.0 Å². The van der Waals surface area contributed by atoms with Crippen molar-refractivity contribution >= 4 is 17.5 Å². The van der Waals surface area contributed by atoms with E-state index in [1.54, 1.807) is 30.3 Å². The smallest absolute Gasteiger partial charge is 0.270 e. The van der Waals surface area contributed by atoms with Crippen LogP contribution in [0.5, 0.6) is 5.75 Å². The number of nitrogens with one attached hydrogen (secondary N) is 1. The summed E-state index contributed by atoms with van der Waals surface area (Å²) in [5.74, 6) is 0.614. The Bertz CT molecular complexity index is 1000. The Balaban J connectivity index is 1.85. The average Bonchev–Trinajstić information content (AvgIpc) is 3.24. The molecule has 1 atom stereocenters. The third kappa shape index (κ3) is 5.22. The van der Waals surface area contributed by atoms with Crippen LogP contribution in [0.25, 0.3) is 16.8 Å². The summed E-state index contributed by atoms with van der Waals surface area (Å²) < 4.78 is 7.29. The first-order chi connectivity index (χ1) is 14.5. The molecule has 0 saturated heterocycles. The molecule has 0 radical (unpaired) electrons. The molecule has 1 N–H and O–H groups in total. The molecule has 1 unspecified atom stereocenters. The third-order valence-corrected chi connectivity index (χ3v) is 5.32. The lowest BCUT2D eigenvalue weighted by molar-refractivity contribution is 0.0931. The van der Waals surface area contributed by atoms with E-state index in [4.69, 9.17) is 16.3 Å². The molecule has 0 aliphatic rings. The molecular weight excluding hydrogens is 398 g/mol. The predicted octanol–water partition coefficient (Wildman–Crippen LogP) is 5.90. The molecule has 0 saturated carbocycles. The van der Waals surface area contributed by atoms with Crippen LogP contribution in [0, 0.1) is 0 Å². The molecule has 3 rings (SSSR count). The normalized spacial score (nSPS) is 11.9. The summed E-state index contributed by atoms with van der Waals surface area (Å²) >= 11 is 6.20. The van der Waals surface area contributed by atoms with E-state index >= 15 is 0 Å². The van der Waals surface area contributed by atoms with E-state index in [0.29, 0.717) is 10.7 Å². The van der Waals surface area contributed by atoms with Gasteiger partial charge < -0.3 is 10.1 Å².